The number of amidine groups is 1. The number of aliphatic imine (C=N–C) groups is 1. The molecule has 0 aliphatic heterocycles. The Kier molecular flexibility index (Phi) is 3.62. The van der Waals surface area contributed by atoms with Crippen molar-refractivity contribution in [1.82, 2.24) is 0 Å². The number of aryl methyl sites for hydroxylation is 1. The van der Waals surface area contributed by atoms with Crippen LogP contribution in [0.15, 0.2) is 23.2 Å². The summed E-state index contributed by atoms with van der Waals surface area (Å²) in [4.78, 5) is 14.1. The van der Waals surface area contributed by atoms with Crippen molar-refractivity contribution in [3.8, 4) is 0 Å². The number of nitro benzene ring substituents is 1. The van der Waals surface area contributed by atoms with Crippen molar-refractivity contribution in [2.24, 2.45) is 10.7 Å². The number of alkyl halides is 1. The number of nitrogens with zero attached hydrogens (tertiary/aromatic N) is 2. The molecule has 0 saturated carbocycles. The zero-order chi connectivity index (χ0) is 11.4. The molecule has 0 amide bonds. The van der Waals surface area contributed by atoms with Gasteiger partial charge in [-0.25, -0.2) is 4.99 Å². The van der Waals surface area contributed by atoms with E-state index in [0.717, 1.165) is 0 Å². The number of halogens is 1. The summed E-state index contributed by atoms with van der Waals surface area (Å²) in [6.07, 6.45) is 0. The minimum Gasteiger partial charge on any atom is -0.386 e. The summed E-state index contributed by atoms with van der Waals surface area (Å²) in [5, 5.41) is 10.7. The van der Waals surface area contributed by atoms with Crippen molar-refractivity contribution in [1.29, 1.82) is 0 Å². The summed E-state index contributed by atoms with van der Waals surface area (Å²) >= 11 is 5.46. The number of hydrogen-bond acceptors (Lipinski definition) is 3. The predicted octanol–water partition coefficient (Wildman–Crippen LogP) is 2.13. The first-order valence-electron chi connectivity index (χ1n) is 4.19. The Balaban J connectivity index is 3.31. The second-order valence-corrected chi connectivity index (χ2v) is 3.20. The molecule has 0 aliphatic rings. The predicted molar refractivity (Wildman–Crippen MR) is 59.8 cm³/mol. The SMILES string of the molecule is Cc1cccc([N+](=O)[O-])c1N=C(N)CCl. The van der Waals surface area contributed by atoms with Gasteiger partial charge in [-0.2, -0.15) is 0 Å². The van der Waals surface area contributed by atoms with Gasteiger partial charge in [-0.15, -0.1) is 11.6 Å². The van der Waals surface area contributed by atoms with E-state index in [-0.39, 0.29) is 23.1 Å². The highest BCUT2D eigenvalue weighted by atomic mass is 35.5. The van der Waals surface area contributed by atoms with Crippen LogP contribution in [0.1, 0.15) is 5.56 Å². The van der Waals surface area contributed by atoms with E-state index < -0.39 is 4.92 Å². The Morgan fingerprint density at radius 1 is 1.67 bits per heavy atom. The van der Waals surface area contributed by atoms with Crippen LogP contribution < -0.4 is 5.73 Å². The summed E-state index contributed by atoms with van der Waals surface area (Å²) < 4.78 is 0. The van der Waals surface area contributed by atoms with Gasteiger partial charge in [0.05, 0.1) is 10.8 Å². The summed E-state index contributed by atoms with van der Waals surface area (Å²) in [6.45, 7) is 1.73. The first-order valence-corrected chi connectivity index (χ1v) is 4.72. The molecule has 2 N–H and O–H groups in total. The van der Waals surface area contributed by atoms with E-state index >= 15 is 0 Å². The molecule has 1 aromatic rings. The molecule has 0 atom stereocenters. The highest BCUT2D eigenvalue weighted by Crippen LogP contribution is 2.30. The Labute approximate surface area is 91.7 Å². The van der Waals surface area contributed by atoms with Crippen molar-refractivity contribution in [3.05, 3.63) is 33.9 Å². The standard InChI is InChI=1S/C9H10ClN3O2/c1-6-3-2-4-7(13(14)15)9(6)12-8(11)5-10/h2-4H,5H2,1H3,(H2,11,12). The van der Waals surface area contributed by atoms with Gasteiger partial charge in [0.2, 0.25) is 0 Å². The fourth-order valence-electron chi connectivity index (χ4n) is 1.11. The van der Waals surface area contributed by atoms with Gasteiger partial charge in [-0.3, -0.25) is 10.1 Å². The van der Waals surface area contributed by atoms with Gasteiger partial charge in [0.1, 0.15) is 11.5 Å². The molecular weight excluding hydrogens is 218 g/mol. The van der Waals surface area contributed by atoms with Crippen LogP contribution in [-0.4, -0.2) is 16.6 Å². The molecule has 6 heteroatoms. The number of para-hydroxylation sites is 1. The van der Waals surface area contributed by atoms with Crippen molar-refractivity contribution in [3.63, 3.8) is 0 Å². The lowest BCUT2D eigenvalue weighted by molar-refractivity contribution is -0.384. The van der Waals surface area contributed by atoms with Crippen molar-refractivity contribution < 1.29 is 4.92 Å². The first kappa shape index (κ1) is 11.5. The van der Waals surface area contributed by atoms with Crippen molar-refractivity contribution >= 4 is 28.8 Å². The first-order chi connectivity index (χ1) is 7.06. The zero-order valence-electron chi connectivity index (χ0n) is 8.11. The molecule has 80 valence electrons. The lowest BCUT2D eigenvalue weighted by atomic mass is 10.2. The lowest BCUT2D eigenvalue weighted by Gasteiger charge is -2.02. The third-order valence-corrected chi connectivity index (χ3v) is 2.08. The van der Waals surface area contributed by atoms with E-state index in [4.69, 9.17) is 17.3 Å². The topological polar surface area (TPSA) is 81.5 Å². The number of benzene rings is 1. The van der Waals surface area contributed by atoms with E-state index in [1.54, 1.807) is 19.1 Å². The number of nitro groups is 1. The van der Waals surface area contributed by atoms with E-state index in [0.29, 0.717) is 5.56 Å². The number of nitrogens with two attached hydrogens (primary N) is 1. The highest BCUT2D eigenvalue weighted by molar-refractivity contribution is 6.28. The van der Waals surface area contributed by atoms with Gasteiger partial charge < -0.3 is 5.73 Å². The molecule has 0 saturated heterocycles. The molecule has 0 heterocycles. The third-order valence-electron chi connectivity index (χ3n) is 1.81. The Hall–Kier alpha value is -1.62. The summed E-state index contributed by atoms with van der Waals surface area (Å²) in [6, 6.07) is 4.71. The second-order valence-electron chi connectivity index (χ2n) is 2.94. The fraction of sp³-hybridized carbons (Fsp3) is 0.222. The maximum atomic E-state index is 10.7. The monoisotopic (exact) mass is 227 g/mol. The van der Waals surface area contributed by atoms with Crippen LogP contribution in [0.25, 0.3) is 0 Å². The van der Waals surface area contributed by atoms with Gasteiger partial charge in [-0.05, 0) is 12.5 Å². The zero-order valence-corrected chi connectivity index (χ0v) is 8.86. The minimum atomic E-state index is -0.493. The Morgan fingerprint density at radius 3 is 2.87 bits per heavy atom. The molecule has 1 rings (SSSR count). The average Bonchev–Trinajstić information content (AvgIpc) is 2.20. The maximum absolute atomic E-state index is 10.7. The molecule has 15 heavy (non-hydrogen) atoms. The van der Waals surface area contributed by atoms with E-state index in [9.17, 15) is 10.1 Å². The molecule has 0 spiro atoms. The molecule has 0 fully saturated rings. The third kappa shape index (κ3) is 2.66. The molecule has 0 unspecified atom stereocenters. The average molecular weight is 228 g/mol. The van der Waals surface area contributed by atoms with Gasteiger partial charge in [-0.1, -0.05) is 12.1 Å². The number of rotatable bonds is 3. The lowest BCUT2D eigenvalue weighted by Crippen LogP contribution is -2.12. The Morgan fingerprint density at radius 2 is 2.33 bits per heavy atom. The minimum absolute atomic E-state index is 0.0471. The van der Waals surface area contributed by atoms with Gasteiger partial charge in [0, 0.05) is 6.07 Å². The van der Waals surface area contributed by atoms with Gasteiger partial charge in [0.25, 0.3) is 5.69 Å². The molecule has 0 bridgehead atoms. The smallest absolute Gasteiger partial charge is 0.295 e. The molecule has 1 aromatic carbocycles. The quantitative estimate of drug-likeness (QED) is 0.282. The van der Waals surface area contributed by atoms with E-state index in [2.05, 4.69) is 4.99 Å². The van der Waals surface area contributed by atoms with Crippen LogP contribution in [0.5, 0.6) is 0 Å². The summed E-state index contributed by atoms with van der Waals surface area (Å²) in [7, 11) is 0. The highest BCUT2D eigenvalue weighted by Gasteiger charge is 2.14. The summed E-state index contributed by atoms with van der Waals surface area (Å²) in [5.74, 6) is 0.208. The second kappa shape index (κ2) is 4.75. The van der Waals surface area contributed by atoms with Crippen LogP contribution in [0, 0.1) is 17.0 Å². The van der Waals surface area contributed by atoms with E-state index in [1.165, 1.54) is 6.07 Å². The van der Waals surface area contributed by atoms with Crippen LogP contribution in [0.2, 0.25) is 0 Å². The molecular formula is C9H10ClN3O2. The maximum Gasteiger partial charge on any atom is 0.295 e. The molecule has 0 aromatic heterocycles. The van der Waals surface area contributed by atoms with Crippen LogP contribution in [0.4, 0.5) is 11.4 Å². The molecule has 5 nitrogen and oxygen atoms in total. The van der Waals surface area contributed by atoms with Crippen molar-refractivity contribution in [2.45, 2.75) is 6.92 Å². The molecule has 0 aliphatic carbocycles. The Bertz CT molecular complexity index is 418. The summed E-state index contributed by atoms with van der Waals surface area (Å²) in [5.41, 5.74) is 6.33. The van der Waals surface area contributed by atoms with Gasteiger partial charge in [0.15, 0.2) is 0 Å². The normalized spacial score (nSPS) is 11.5. The van der Waals surface area contributed by atoms with Crippen molar-refractivity contribution in [2.75, 3.05) is 5.88 Å². The number of hydrogen-bond donors (Lipinski definition) is 1. The fourth-order valence-corrected chi connectivity index (χ4v) is 1.17. The van der Waals surface area contributed by atoms with Crippen LogP contribution >= 0.6 is 11.6 Å². The largest absolute Gasteiger partial charge is 0.386 e. The van der Waals surface area contributed by atoms with Crippen LogP contribution in [-0.2, 0) is 0 Å². The molecule has 0 radical (unpaired) electrons. The van der Waals surface area contributed by atoms with E-state index in [1.807, 2.05) is 0 Å². The van der Waals surface area contributed by atoms with Gasteiger partial charge >= 0.3 is 0 Å². The van der Waals surface area contributed by atoms with Crippen LogP contribution in [0.3, 0.4) is 0 Å².